The second-order valence-corrected chi connectivity index (χ2v) is 9.05. The molecule has 0 fully saturated rings. The van der Waals surface area contributed by atoms with Crippen LogP contribution in [-0.2, 0) is 20.8 Å². The number of guanidine groups is 1. The Morgan fingerprint density at radius 1 is 0.914 bits per heavy atom. The lowest BCUT2D eigenvalue weighted by Gasteiger charge is -2.24. The largest absolute Gasteiger partial charge is 0.370 e. The predicted octanol–water partition coefficient (Wildman–Crippen LogP) is 0.264. The van der Waals surface area contributed by atoms with E-state index >= 15 is 0 Å². The maximum absolute atomic E-state index is 13.0. The second kappa shape index (κ2) is 13.3. The molecular weight excluding hydrogens is 446 g/mol. The van der Waals surface area contributed by atoms with Gasteiger partial charge < -0.3 is 33.6 Å². The van der Waals surface area contributed by atoms with Crippen LogP contribution in [0.5, 0.6) is 0 Å². The molecule has 3 atom stereocenters. The molecule has 10 N–H and O–H groups in total. The molecule has 0 aromatic heterocycles. The van der Waals surface area contributed by atoms with Crippen molar-refractivity contribution in [2.24, 2.45) is 33.8 Å². The fraction of sp³-hybridized carbons (Fsp3) is 0.440. The summed E-state index contributed by atoms with van der Waals surface area (Å²) in [5.74, 6) is -1.54. The number of primary amides is 1. The summed E-state index contributed by atoms with van der Waals surface area (Å²) >= 11 is 0. The zero-order valence-electron chi connectivity index (χ0n) is 20.4. The van der Waals surface area contributed by atoms with E-state index in [1.54, 1.807) is 0 Å². The summed E-state index contributed by atoms with van der Waals surface area (Å²) in [4.78, 5) is 41.7. The molecule has 0 unspecified atom stereocenters. The van der Waals surface area contributed by atoms with Crippen LogP contribution in [0.25, 0.3) is 10.8 Å². The van der Waals surface area contributed by atoms with Gasteiger partial charge in [0, 0.05) is 6.54 Å². The highest BCUT2D eigenvalue weighted by atomic mass is 16.2. The van der Waals surface area contributed by atoms with Gasteiger partial charge in [0.25, 0.3) is 0 Å². The SMILES string of the molecule is CC(C)C[C@H](NC(=O)[C@H](CCCN=C(N)N)NC(=O)[C@H](N)Cc1cccc2ccccc12)C(N)=O. The van der Waals surface area contributed by atoms with Crippen LogP contribution in [-0.4, -0.2) is 48.4 Å². The summed E-state index contributed by atoms with van der Waals surface area (Å²) < 4.78 is 0. The first-order chi connectivity index (χ1) is 16.6. The lowest BCUT2D eigenvalue weighted by molar-refractivity contribution is -0.132. The number of hydrogen-bond acceptors (Lipinski definition) is 5. The number of carbonyl (C=O) groups is 3. The highest BCUT2D eigenvalue weighted by Crippen LogP contribution is 2.19. The summed E-state index contributed by atoms with van der Waals surface area (Å²) in [5, 5.41) is 7.46. The van der Waals surface area contributed by atoms with Gasteiger partial charge in [-0.25, -0.2) is 0 Å². The summed E-state index contributed by atoms with van der Waals surface area (Å²) in [5.41, 5.74) is 23.3. The summed E-state index contributed by atoms with van der Waals surface area (Å²) in [6.45, 7) is 4.13. The molecule has 190 valence electrons. The van der Waals surface area contributed by atoms with Gasteiger partial charge in [0.2, 0.25) is 17.7 Å². The van der Waals surface area contributed by atoms with Crippen LogP contribution in [0.2, 0.25) is 0 Å². The number of nitrogens with one attached hydrogen (secondary N) is 2. The number of carbonyl (C=O) groups excluding carboxylic acids is 3. The number of benzene rings is 2. The number of nitrogens with two attached hydrogens (primary N) is 4. The zero-order valence-corrected chi connectivity index (χ0v) is 20.4. The molecule has 0 bridgehead atoms. The van der Waals surface area contributed by atoms with E-state index in [4.69, 9.17) is 22.9 Å². The Hall–Kier alpha value is -3.66. The number of rotatable bonds is 13. The van der Waals surface area contributed by atoms with Crippen molar-refractivity contribution in [3.05, 3.63) is 48.0 Å². The van der Waals surface area contributed by atoms with Crippen molar-refractivity contribution in [3.8, 4) is 0 Å². The number of nitrogens with zero attached hydrogens (tertiary/aromatic N) is 1. The number of hydrogen-bond donors (Lipinski definition) is 6. The van der Waals surface area contributed by atoms with E-state index in [1.165, 1.54) is 0 Å². The first-order valence-corrected chi connectivity index (χ1v) is 11.8. The van der Waals surface area contributed by atoms with Crippen LogP contribution < -0.4 is 33.6 Å². The van der Waals surface area contributed by atoms with Gasteiger partial charge in [-0.2, -0.15) is 0 Å². The maximum Gasteiger partial charge on any atom is 0.243 e. The molecule has 0 saturated carbocycles. The molecule has 0 saturated heterocycles. The molecule has 35 heavy (non-hydrogen) atoms. The van der Waals surface area contributed by atoms with Crippen molar-refractivity contribution >= 4 is 34.5 Å². The minimum atomic E-state index is -0.927. The molecule has 2 rings (SSSR count). The van der Waals surface area contributed by atoms with Gasteiger partial charge in [-0.1, -0.05) is 56.3 Å². The average Bonchev–Trinajstić information content (AvgIpc) is 2.80. The number of amides is 3. The van der Waals surface area contributed by atoms with Crippen molar-refractivity contribution in [2.75, 3.05) is 6.54 Å². The third-order valence-corrected chi connectivity index (χ3v) is 5.60. The van der Waals surface area contributed by atoms with Crippen LogP contribution in [0.15, 0.2) is 47.5 Å². The molecule has 0 aliphatic carbocycles. The average molecular weight is 484 g/mol. The quantitative estimate of drug-likeness (QED) is 0.134. The molecule has 2 aromatic rings. The minimum absolute atomic E-state index is 0.0575. The summed E-state index contributed by atoms with van der Waals surface area (Å²) in [6, 6.07) is 11.0. The Kier molecular flexibility index (Phi) is 10.5. The van der Waals surface area contributed by atoms with Gasteiger partial charge in [-0.05, 0) is 47.9 Å². The Bertz CT molecular complexity index is 1050. The van der Waals surface area contributed by atoms with Crippen molar-refractivity contribution in [1.29, 1.82) is 0 Å². The molecule has 0 aliphatic heterocycles. The fourth-order valence-electron chi connectivity index (χ4n) is 3.84. The first-order valence-electron chi connectivity index (χ1n) is 11.8. The van der Waals surface area contributed by atoms with Gasteiger partial charge in [0.05, 0.1) is 6.04 Å². The fourth-order valence-corrected chi connectivity index (χ4v) is 3.84. The number of aliphatic imine (C=N–C) groups is 1. The van der Waals surface area contributed by atoms with E-state index in [9.17, 15) is 14.4 Å². The summed E-state index contributed by atoms with van der Waals surface area (Å²) in [7, 11) is 0. The summed E-state index contributed by atoms with van der Waals surface area (Å²) in [6.07, 6.45) is 1.37. The van der Waals surface area contributed by atoms with Crippen molar-refractivity contribution < 1.29 is 14.4 Å². The van der Waals surface area contributed by atoms with Gasteiger partial charge in [-0.15, -0.1) is 0 Å². The van der Waals surface area contributed by atoms with E-state index in [0.29, 0.717) is 19.3 Å². The van der Waals surface area contributed by atoms with E-state index in [0.717, 1.165) is 16.3 Å². The minimum Gasteiger partial charge on any atom is -0.370 e. The van der Waals surface area contributed by atoms with Crippen molar-refractivity contribution in [1.82, 2.24) is 10.6 Å². The van der Waals surface area contributed by atoms with Gasteiger partial charge in [0.1, 0.15) is 12.1 Å². The standard InChI is InChI=1S/C25H37N7O3/c1-15(2)13-21(22(27)33)32-24(35)20(11-6-12-30-25(28)29)31-23(34)19(26)14-17-9-5-8-16-7-3-4-10-18(16)17/h3-5,7-10,15,19-21H,6,11-14,26H2,1-2H3,(H2,27,33)(H,31,34)(H,32,35)(H4,28,29,30)/t19-,20+,21+/m1/s1. The van der Waals surface area contributed by atoms with Crippen LogP contribution in [0.4, 0.5) is 0 Å². The Morgan fingerprint density at radius 2 is 1.57 bits per heavy atom. The smallest absolute Gasteiger partial charge is 0.243 e. The van der Waals surface area contributed by atoms with Gasteiger partial charge in [-0.3, -0.25) is 19.4 Å². The van der Waals surface area contributed by atoms with Crippen molar-refractivity contribution in [2.45, 2.75) is 57.7 Å². The van der Waals surface area contributed by atoms with Crippen LogP contribution in [0, 0.1) is 5.92 Å². The maximum atomic E-state index is 13.0. The van der Waals surface area contributed by atoms with Gasteiger partial charge >= 0.3 is 0 Å². The Labute approximate surface area is 205 Å². The molecule has 0 spiro atoms. The second-order valence-electron chi connectivity index (χ2n) is 9.05. The van der Waals surface area contributed by atoms with Crippen molar-refractivity contribution in [3.63, 3.8) is 0 Å². The van der Waals surface area contributed by atoms with Crippen LogP contribution >= 0.6 is 0 Å². The highest BCUT2D eigenvalue weighted by molar-refractivity contribution is 5.93. The Morgan fingerprint density at radius 3 is 2.23 bits per heavy atom. The highest BCUT2D eigenvalue weighted by Gasteiger charge is 2.27. The zero-order chi connectivity index (χ0) is 26.0. The number of fused-ring (bicyclic) bond motifs is 1. The molecule has 10 nitrogen and oxygen atoms in total. The molecule has 0 radical (unpaired) electrons. The van der Waals surface area contributed by atoms with E-state index in [-0.39, 0.29) is 24.8 Å². The molecule has 0 heterocycles. The van der Waals surface area contributed by atoms with Crippen LogP contribution in [0.1, 0.15) is 38.7 Å². The lowest BCUT2D eigenvalue weighted by Crippen LogP contribution is -2.55. The predicted molar refractivity (Wildman–Crippen MR) is 138 cm³/mol. The molecular formula is C25H37N7O3. The molecule has 3 amide bonds. The third-order valence-electron chi connectivity index (χ3n) is 5.60. The normalized spacial score (nSPS) is 13.6. The lowest BCUT2D eigenvalue weighted by atomic mass is 9.98. The third kappa shape index (κ3) is 8.90. The molecule has 0 aliphatic rings. The van der Waals surface area contributed by atoms with E-state index in [1.807, 2.05) is 56.3 Å². The molecule has 10 heteroatoms. The van der Waals surface area contributed by atoms with E-state index in [2.05, 4.69) is 15.6 Å². The van der Waals surface area contributed by atoms with E-state index < -0.39 is 35.8 Å². The first kappa shape index (κ1) is 27.6. The monoisotopic (exact) mass is 483 g/mol. The van der Waals surface area contributed by atoms with Crippen LogP contribution in [0.3, 0.4) is 0 Å². The topological polar surface area (TPSA) is 192 Å². The molecule has 2 aromatic carbocycles. The van der Waals surface area contributed by atoms with Gasteiger partial charge in [0.15, 0.2) is 5.96 Å². The Balaban J connectivity index is 2.12.